The average Bonchev–Trinajstić information content (AvgIpc) is 2.54. The van der Waals surface area contributed by atoms with Crippen LogP contribution < -0.4 is 0 Å². The molecule has 2 N–H and O–H groups in total. The molecule has 0 aliphatic heterocycles. The van der Waals surface area contributed by atoms with Crippen molar-refractivity contribution < 1.29 is 9.90 Å². The Kier molecular flexibility index (Phi) is 1.80. The molecule has 0 fully saturated rings. The number of fused-ring (bicyclic) bond motifs is 1. The van der Waals surface area contributed by atoms with Gasteiger partial charge >= 0.3 is 5.97 Å². The molecule has 2 aromatic rings. The first-order valence-electron chi connectivity index (χ1n) is 4.33. The number of rotatable bonds is 2. The van der Waals surface area contributed by atoms with Crippen molar-refractivity contribution >= 4 is 11.7 Å². The number of aliphatic carboxylic acids is 1. The average molecular weight is 193 g/mol. The van der Waals surface area contributed by atoms with Gasteiger partial charge in [-0.05, 0) is 13.8 Å². The van der Waals surface area contributed by atoms with Crippen molar-refractivity contribution in [1.82, 2.24) is 14.4 Å². The van der Waals surface area contributed by atoms with Crippen LogP contribution in [0.1, 0.15) is 17.1 Å². The number of aromatic nitrogens is 3. The minimum Gasteiger partial charge on any atom is -0.481 e. The molecule has 2 heterocycles. The highest BCUT2D eigenvalue weighted by Gasteiger charge is 2.09. The normalized spacial score (nSPS) is 11.0. The molecular weight excluding hydrogens is 182 g/mol. The first-order valence-corrected chi connectivity index (χ1v) is 4.33. The third kappa shape index (κ3) is 1.26. The molecule has 74 valence electrons. The van der Waals surface area contributed by atoms with Crippen molar-refractivity contribution in [2.75, 3.05) is 0 Å². The Labute approximate surface area is 80.4 Å². The quantitative estimate of drug-likeness (QED) is 0.744. The Bertz CT molecular complexity index is 495. The number of aryl methyl sites for hydroxylation is 2. The molecule has 0 unspecified atom stereocenters. The molecule has 0 amide bonds. The molecule has 0 bridgehead atoms. The predicted molar refractivity (Wildman–Crippen MR) is 50.4 cm³/mol. The lowest BCUT2D eigenvalue weighted by Gasteiger charge is -1.90. The van der Waals surface area contributed by atoms with Gasteiger partial charge in [-0.1, -0.05) is 0 Å². The van der Waals surface area contributed by atoms with Gasteiger partial charge in [-0.15, -0.1) is 0 Å². The van der Waals surface area contributed by atoms with E-state index in [0.29, 0.717) is 11.5 Å². The molecule has 5 nitrogen and oxygen atoms in total. The first kappa shape index (κ1) is 8.80. The van der Waals surface area contributed by atoms with Crippen LogP contribution in [0.15, 0.2) is 6.20 Å². The van der Waals surface area contributed by atoms with E-state index in [4.69, 9.17) is 5.11 Å². The van der Waals surface area contributed by atoms with E-state index in [-0.39, 0.29) is 6.42 Å². The van der Waals surface area contributed by atoms with E-state index in [1.165, 1.54) is 0 Å². The number of hydrogen-bond acceptors (Lipinski definition) is 2. The van der Waals surface area contributed by atoms with Gasteiger partial charge in [0.2, 0.25) is 5.78 Å². The van der Waals surface area contributed by atoms with Gasteiger partial charge in [0.1, 0.15) is 0 Å². The van der Waals surface area contributed by atoms with E-state index in [9.17, 15) is 4.79 Å². The van der Waals surface area contributed by atoms with Gasteiger partial charge in [-0.25, -0.2) is 4.98 Å². The summed E-state index contributed by atoms with van der Waals surface area (Å²) in [7, 11) is 0. The number of hydrogen-bond donors (Lipinski definition) is 2. The summed E-state index contributed by atoms with van der Waals surface area (Å²) < 4.78 is 1.87. The van der Waals surface area contributed by atoms with E-state index in [1.54, 1.807) is 6.20 Å². The van der Waals surface area contributed by atoms with E-state index in [1.807, 2.05) is 18.2 Å². The number of nitrogens with one attached hydrogen (secondary N) is 1. The second-order valence-corrected chi connectivity index (χ2v) is 3.33. The van der Waals surface area contributed by atoms with Crippen LogP contribution in [-0.2, 0) is 11.2 Å². The molecule has 0 aliphatic carbocycles. The Morgan fingerprint density at radius 3 is 2.93 bits per heavy atom. The summed E-state index contributed by atoms with van der Waals surface area (Å²) in [5.41, 5.74) is 2.66. The number of imidazole rings is 2. The Hall–Kier alpha value is -1.78. The molecule has 5 heteroatoms. The van der Waals surface area contributed by atoms with Gasteiger partial charge in [0.05, 0.1) is 12.1 Å². The van der Waals surface area contributed by atoms with E-state index in [0.717, 1.165) is 11.4 Å². The van der Waals surface area contributed by atoms with Crippen molar-refractivity contribution in [2.24, 2.45) is 0 Å². The summed E-state index contributed by atoms with van der Waals surface area (Å²) >= 11 is 0. The van der Waals surface area contributed by atoms with Crippen LogP contribution in [0.4, 0.5) is 0 Å². The predicted octanol–water partition coefficient (Wildman–Crippen LogP) is 0.906. The highest BCUT2D eigenvalue weighted by Crippen LogP contribution is 2.11. The lowest BCUT2D eigenvalue weighted by atomic mass is 10.3. The molecule has 0 radical (unpaired) electrons. The van der Waals surface area contributed by atoms with Gasteiger partial charge < -0.3 is 10.1 Å². The fraction of sp³-hybridized carbons (Fsp3) is 0.333. The van der Waals surface area contributed by atoms with Crippen LogP contribution >= 0.6 is 0 Å². The molecule has 14 heavy (non-hydrogen) atoms. The second kappa shape index (κ2) is 2.87. The summed E-state index contributed by atoms with van der Waals surface area (Å²) in [6, 6.07) is 0. The summed E-state index contributed by atoms with van der Waals surface area (Å²) in [6.07, 6.45) is 1.78. The lowest BCUT2D eigenvalue weighted by molar-refractivity contribution is -0.136. The zero-order valence-electron chi connectivity index (χ0n) is 8.03. The second-order valence-electron chi connectivity index (χ2n) is 3.33. The van der Waals surface area contributed by atoms with E-state index >= 15 is 0 Å². The zero-order chi connectivity index (χ0) is 10.3. The maximum absolute atomic E-state index is 10.5. The minimum absolute atomic E-state index is 0.00183. The monoisotopic (exact) mass is 193 g/mol. The number of nitrogens with zero attached hydrogens (tertiary/aromatic N) is 2. The fourth-order valence-electron chi connectivity index (χ4n) is 1.46. The van der Waals surface area contributed by atoms with Gasteiger partial charge in [0, 0.05) is 17.6 Å². The smallest absolute Gasteiger partial charge is 0.309 e. The molecule has 0 saturated heterocycles. The van der Waals surface area contributed by atoms with E-state index < -0.39 is 5.97 Å². The van der Waals surface area contributed by atoms with Gasteiger partial charge in [0.15, 0.2) is 0 Å². The molecule has 2 rings (SSSR count). The third-order valence-electron chi connectivity index (χ3n) is 2.29. The molecule has 0 saturated carbocycles. The topological polar surface area (TPSA) is 70.4 Å². The van der Waals surface area contributed by atoms with Crippen LogP contribution in [0, 0.1) is 13.8 Å². The molecule has 0 atom stereocenters. The standard InChI is InChI=1S/C9H11N3O2/c1-5-6(2)12-4-7(3-8(13)14)11-9(12)10-5/h4H,3H2,1-2H3,(H,10,11)(H,13,14). The molecular formula is C9H11N3O2. The van der Waals surface area contributed by atoms with Crippen LogP contribution in [0.3, 0.4) is 0 Å². The maximum Gasteiger partial charge on any atom is 0.309 e. The van der Waals surface area contributed by atoms with Crippen LogP contribution in [0.5, 0.6) is 0 Å². The van der Waals surface area contributed by atoms with Crippen molar-refractivity contribution in [3.63, 3.8) is 0 Å². The van der Waals surface area contributed by atoms with E-state index in [2.05, 4.69) is 9.97 Å². The van der Waals surface area contributed by atoms with Crippen LogP contribution in [0.25, 0.3) is 5.78 Å². The molecule has 2 aromatic heterocycles. The third-order valence-corrected chi connectivity index (χ3v) is 2.29. The number of H-pyrrole nitrogens is 1. The minimum atomic E-state index is -0.844. The number of carboxylic acids is 1. The van der Waals surface area contributed by atoms with Crippen molar-refractivity contribution in [2.45, 2.75) is 20.3 Å². The van der Waals surface area contributed by atoms with Crippen molar-refractivity contribution in [1.29, 1.82) is 0 Å². The largest absolute Gasteiger partial charge is 0.481 e. The Balaban J connectivity index is 2.48. The fourth-order valence-corrected chi connectivity index (χ4v) is 1.46. The van der Waals surface area contributed by atoms with Crippen LogP contribution in [-0.4, -0.2) is 25.4 Å². The summed E-state index contributed by atoms with van der Waals surface area (Å²) in [6.45, 7) is 3.88. The lowest BCUT2D eigenvalue weighted by Crippen LogP contribution is -2.00. The summed E-state index contributed by atoms with van der Waals surface area (Å²) in [5.74, 6) is -0.139. The number of carbonyl (C=O) groups is 1. The molecule has 0 aromatic carbocycles. The highest BCUT2D eigenvalue weighted by molar-refractivity contribution is 5.69. The van der Waals surface area contributed by atoms with Gasteiger partial charge in [-0.2, -0.15) is 0 Å². The maximum atomic E-state index is 10.5. The van der Waals surface area contributed by atoms with Crippen molar-refractivity contribution in [3.05, 3.63) is 23.3 Å². The SMILES string of the molecule is Cc1nc2[nH]c(CC(=O)O)cn2c1C. The summed E-state index contributed by atoms with van der Waals surface area (Å²) in [5, 5.41) is 8.60. The Morgan fingerprint density at radius 2 is 2.36 bits per heavy atom. The van der Waals surface area contributed by atoms with Crippen molar-refractivity contribution in [3.8, 4) is 0 Å². The Morgan fingerprint density at radius 1 is 1.64 bits per heavy atom. The molecule has 0 aliphatic rings. The summed E-state index contributed by atoms with van der Waals surface area (Å²) in [4.78, 5) is 17.7. The number of aromatic amines is 1. The number of carboxylic acid groups (broad SMARTS) is 1. The molecule has 0 spiro atoms. The first-order chi connectivity index (χ1) is 6.58. The zero-order valence-corrected chi connectivity index (χ0v) is 8.03. The van der Waals surface area contributed by atoms with Gasteiger partial charge in [-0.3, -0.25) is 9.20 Å². The van der Waals surface area contributed by atoms with Crippen LogP contribution in [0.2, 0.25) is 0 Å². The van der Waals surface area contributed by atoms with Gasteiger partial charge in [0.25, 0.3) is 0 Å². The highest BCUT2D eigenvalue weighted by atomic mass is 16.4.